The van der Waals surface area contributed by atoms with Gasteiger partial charge < -0.3 is 0 Å². The van der Waals surface area contributed by atoms with E-state index in [1.165, 1.54) is 26.0 Å². The van der Waals surface area contributed by atoms with Crippen LogP contribution in [0.25, 0.3) is 0 Å². The average Bonchev–Trinajstić information content (AvgIpc) is 2.63. The third kappa shape index (κ3) is 4.31. The van der Waals surface area contributed by atoms with Crippen molar-refractivity contribution in [3.63, 3.8) is 0 Å². The number of benzene rings is 2. The third-order valence-corrected chi connectivity index (χ3v) is 7.67. The van der Waals surface area contributed by atoms with E-state index in [9.17, 15) is 0 Å². The zero-order chi connectivity index (χ0) is 17.2. The van der Waals surface area contributed by atoms with Gasteiger partial charge >= 0.3 is 0 Å². The van der Waals surface area contributed by atoms with E-state index in [1.54, 1.807) is 0 Å². The van der Waals surface area contributed by atoms with Crippen LogP contribution in [0.1, 0.15) is 19.3 Å². The van der Waals surface area contributed by atoms with Crippen molar-refractivity contribution in [2.75, 3.05) is 0 Å². The minimum absolute atomic E-state index is 0.661. The van der Waals surface area contributed by atoms with Crippen LogP contribution in [0.2, 0.25) is 10.0 Å². The van der Waals surface area contributed by atoms with E-state index < -0.39 is 0 Å². The molecule has 0 unspecified atom stereocenters. The molecule has 2 aliphatic carbocycles. The molecule has 2 aliphatic rings. The zero-order valence-electron chi connectivity index (χ0n) is 13.6. The first-order chi connectivity index (χ1) is 12.2. The Morgan fingerprint density at radius 1 is 0.640 bits per heavy atom. The van der Waals surface area contributed by atoms with E-state index in [0.717, 1.165) is 22.9 Å². The van der Waals surface area contributed by atoms with Crippen LogP contribution < -0.4 is 0 Å². The van der Waals surface area contributed by atoms with Crippen LogP contribution in [-0.4, -0.2) is 0 Å². The number of hydrogen-bond donors (Lipinski definition) is 0. The molecule has 4 rings (SSSR count). The summed E-state index contributed by atoms with van der Waals surface area (Å²) >= 11 is 15.8. The molecule has 0 heterocycles. The highest BCUT2D eigenvalue weighted by atomic mass is 35.5. The van der Waals surface area contributed by atoms with Gasteiger partial charge in [0.05, 0.1) is 0 Å². The van der Waals surface area contributed by atoms with Crippen molar-refractivity contribution in [1.82, 2.24) is 0 Å². The Morgan fingerprint density at radius 2 is 1.04 bits per heavy atom. The Labute approximate surface area is 167 Å². The van der Waals surface area contributed by atoms with E-state index in [1.807, 2.05) is 47.8 Å². The van der Waals surface area contributed by atoms with Gasteiger partial charge in [0, 0.05) is 19.8 Å². The summed E-state index contributed by atoms with van der Waals surface area (Å²) in [5, 5.41) is 1.60. The lowest BCUT2D eigenvalue weighted by atomic mass is 9.80. The summed E-state index contributed by atoms with van der Waals surface area (Å²) in [7, 11) is 0. The van der Waals surface area contributed by atoms with Gasteiger partial charge in [-0.1, -0.05) is 58.9 Å². The molecule has 0 aliphatic heterocycles. The Bertz CT molecular complexity index is 737. The van der Waals surface area contributed by atoms with Gasteiger partial charge in [0.1, 0.15) is 0 Å². The summed E-state index contributed by atoms with van der Waals surface area (Å²) in [4.78, 5) is 5.59. The SMILES string of the molecule is Clc1ccc(SC2=CC[C@H]3C[C@@H]2CC=C3Sc2ccc(Cl)cc2)cc1. The molecule has 0 radical (unpaired) electrons. The fraction of sp³-hybridized carbons (Fsp3) is 0.238. The predicted molar refractivity (Wildman–Crippen MR) is 112 cm³/mol. The summed E-state index contributed by atoms with van der Waals surface area (Å²) in [6.45, 7) is 0. The lowest BCUT2D eigenvalue weighted by molar-refractivity contribution is 0.431. The van der Waals surface area contributed by atoms with Gasteiger partial charge in [0.25, 0.3) is 0 Å². The van der Waals surface area contributed by atoms with E-state index in [0.29, 0.717) is 11.8 Å². The summed E-state index contributed by atoms with van der Waals surface area (Å²) in [5.41, 5.74) is 0. The Kier molecular flexibility index (Phi) is 5.52. The van der Waals surface area contributed by atoms with Crippen molar-refractivity contribution in [3.8, 4) is 0 Å². The molecule has 0 nitrogen and oxygen atoms in total. The molecule has 2 atom stereocenters. The zero-order valence-corrected chi connectivity index (χ0v) is 16.8. The molecule has 0 saturated carbocycles. The van der Waals surface area contributed by atoms with Crippen molar-refractivity contribution in [1.29, 1.82) is 0 Å². The normalized spacial score (nSPS) is 22.3. The van der Waals surface area contributed by atoms with Crippen LogP contribution in [-0.2, 0) is 0 Å². The highest BCUT2D eigenvalue weighted by Crippen LogP contribution is 2.49. The fourth-order valence-electron chi connectivity index (χ4n) is 3.38. The van der Waals surface area contributed by atoms with E-state index in [-0.39, 0.29) is 0 Å². The lowest BCUT2D eigenvalue weighted by Crippen LogP contribution is -2.19. The topological polar surface area (TPSA) is 0 Å². The predicted octanol–water partition coefficient (Wildman–Crippen LogP) is 8.08. The van der Waals surface area contributed by atoms with E-state index in [4.69, 9.17) is 23.2 Å². The van der Waals surface area contributed by atoms with Crippen molar-refractivity contribution in [2.24, 2.45) is 11.8 Å². The van der Waals surface area contributed by atoms with Crippen LogP contribution in [0.3, 0.4) is 0 Å². The Morgan fingerprint density at radius 3 is 1.44 bits per heavy atom. The first-order valence-electron chi connectivity index (χ1n) is 8.44. The summed E-state index contributed by atoms with van der Waals surface area (Å²) in [6.07, 6.45) is 8.44. The molecule has 4 heteroatoms. The summed E-state index contributed by atoms with van der Waals surface area (Å²) in [6, 6.07) is 16.3. The highest BCUT2D eigenvalue weighted by Gasteiger charge is 2.30. The summed E-state index contributed by atoms with van der Waals surface area (Å²) in [5.74, 6) is 1.32. The minimum atomic E-state index is 0.661. The molecule has 2 bridgehead atoms. The number of halogens is 2. The second kappa shape index (κ2) is 7.84. The first-order valence-corrected chi connectivity index (χ1v) is 10.8. The Hall–Kier alpha value is -0.800. The van der Waals surface area contributed by atoms with Crippen molar-refractivity contribution in [3.05, 3.63) is 80.5 Å². The maximum absolute atomic E-state index is 5.99. The fourth-order valence-corrected chi connectivity index (χ4v) is 5.80. The molecule has 25 heavy (non-hydrogen) atoms. The van der Waals surface area contributed by atoms with Gasteiger partial charge in [-0.3, -0.25) is 0 Å². The van der Waals surface area contributed by atoms with Crippen LogP contribution in [0.15, 0.2) is 80.3 Å². The lowest BCUT2D eigenvalue weighted by Gasteiger charge is -2.34. The molecule has 0 aromatic heterocycles. The second-order valence-electron chi connectivity index (χ2n) is 6.43. The largest absolute Gasteiger partial charge is 0.0946 e. The highest BCUT2D eigenvalue weighted by molar-refractivity contribution is 8.03. The molecule has 0 saturated heterocycles. The number of allylic oxidation sites excluding steroid dienone is 4. The quantitative estimate of drug-likeness (QED) is 0.504. The standard InChI is InChI=1S/C21H18Cl2S2/c22-16-3-7-18(8-4-16)24-20-11-1-14-13-15(20)2-12-21(14)25-19-9-5-17(23)6-10-19/h3-12,14-15H,1-2,13H2/t14-,15-/m0/s1. The molecule has 2 aromatic carbocycles. The number of rotatable bonds is 4. The van der Waals surface area contributed by atoms with Crippen molar-refractivity contribution < 1.29 is 0 Å². The molecular weight excluding hydrogens is 387 g/mol. The van der Waals surface area contributed by atoms with Crippen molar-refractivity contribution in [2.45, 2.75) is 29.1 Å². The van der Waals surface area contributed by atoms with Crippen LogP contribution >= 0.6 is 46.7 Å². The average molecular weight is 405 g/mol. The van der Waals surface area contributed by atoms with Gasteiger partial charge in [-0.2, -0.15) is 0 Å². The van der Waals surface area contributed by atoms with E-state index >= 15 is 0 Å². The summed E-state index contributed by atoms with van der Waals surface area (Å²) < 4.78 is 0. The maximum atomic E-state index is 5.99. The first kappa shape index (κ1) is 17.6. The number of fused-ring (bicyclic) bond motifs is 2. The smallest absolute Gasteiger partial charge is 0.0406 e. The van der Waals surface area contributed by atoms with Gasteiger partial charge in [0.2, 0.25) is 0 Å². The van der Waals surface area contributed by atoms with E-state index in [2.05, 4.69) is 36.4 Å². The molecule has 2 aromatic rings. The second-order valence-corrected chi connectivity index (χ2v) is 9.59. The number of thioether (sulfide) groups is 2. The molecule has 128 valence electrons. The van der Waals surface area contributed by atoms with Crippen LogP contribution in [0.4, 0.5) is 0 Å². The van der Waals surface area contributed by atoms with Gasteiger partial charge in [0.15, 0.2) is 0 Å². The van der Waals surface area contributed by atoms with Crippen molar-refractivity contribution >= 4 is 46.7 Å². The molecular formula is C21H18Cl2S2. The van der Waals surface area contributed by atoms with Crippen LogP contribution in [0, 0.1) is 11.8 Å². The number of hydrogen-bond acceptors (Lipinski definition) is 2. The molecule has 0 spiro atoms. The third-order valence-electron chi connectivity index (χ3n) is 4.68. The molecule has 0 amide bonds. The molecule has 0 N–H and O–H groups in total. The maximum Gasteiger partial charge on any atom is 0.0406 e. The van der Waals surface area contributed by atoms with Crippen LogP contribution in [0.5, 0.6) is 0 Å². The van der Waals surface area contributed by atoms with Gasteiger partial charge in [-0.05, 0) is 89.4 Å². The van der Waals surface area contributed by atoms with Gasteiger partial charge in [-0.15, -0.1) is 0 Å². The monoisotopic (exact) mass is 404 g/mol. The molecule has 0 fully saturated rings. The van der Waals surface area contributed by atoms with Gasteiger partial charge in [-0.25, -0.2) is 0 Å². The Balaban J connectivity index is 1.43. The minimum Gasteiger partial charge on any atom is -0.0946 e.